The molecule has 116 valence electrons. The van der Waals surface area contributed by atoms with Crippen LogP contribution in [-0.4, -0.2) is 54.9 Å². The van der Waals surface area contributed by atoms with Crippen molar-refractivity contribution in [2.45, 2.75) is 12.8 Å². The summed E-state index contributed by atoms with van der Waals surface area (Å²) in [6.45, 7) is 4.17. The SMILES string of the molecule is COc1c(O)ccc(CCCN2CCOCC2)c1[N+](=O)[O-]. The Morgan fingerprint density at radius 2 is 2.14 bits per heavy atom. The van der Waals surface area contributed by atoms with Crippen molar-refractivity contribution in [3.8, 4) is 11.5 Å². The van der Waals surface area contributed by atoms with Crippen molar-refractivity contribution in [3.05, 3.63) is 27.8 Å². The molecule has 1 aromatic rings. The number of morpholine rings is 1. The number of hydrogen-bond donors (Lipinski definition) is 1. The van der Waals surface area contributed by atoms with Gasteiger partial charge in [0, 0.05) is 18.7 Å². The molecule has 1 aliphatic heterocycles. The third kappa shape index (κ3) is 3.83. The van der Waals surface area contributed by atoms with E-state index < -0.39 is 4.92 Å². The summed E-state index contributed by atoms with van der Waals surface area (Å²) in [5, 5.41) is 20.8. The molecular weight excluding hydrogens is 276 g/mol. The summed E-state index contributed by atoms with van der Waals surface area (Å²) in [5.41, 5.74) is 0.447. The molecule has 1 aromatic carbocycles. The van der Waals surface area contributed by atoms with Crippen LogP contribution in [0.3, 0.4) is 0 Å². The molecule has 1 fully saturated rings. The van der Waals surface area contributed by atoms with E-state index in [-0.39, 0.29) is 17.2 Å². The van der Waals surface area contributed by atoms with Gasteiger partial charge < -0.3 is 14.6 Å². The number of hydrogen-bond acceptors (Lipinski definition) is 6. The molecular formula is C14H20N2O5. The average Bonchev–Trinajstić information content (AvgIpc) is 2.49. The van der Waals surface area contributed by atoms with Gasteiger partial charge in [0.05, 0.1) is 25.2 Å². The summed E-state index contributed by atoms with van der Waals surface area (Å²) < 4.78 is 10.2. The lowest BCUT2D eigenvalue weighted by Crippen LogP contribution is -2.36. The molecule has 0 radical (unpaired) electrons. The molecule has 0 saturated carbocycles. The Bertz CT molecular complexity index is 500. The maximum Gasteiger partial charge on any atom is 0.318 e. The third-order valence-corrected chi connectivity index (χ3v) is 3.61. The van der Waals surface area contributed by atoms with Gasteiger partial charge in [-0.3, -0.25) is 15.0 Å². The van der Waals surface area contributed by atoms with E-state index in [1.165, 1.54) is 13.2 Å². The fourth-order valence-electron chi connectivity index (χ4n) is 2.52. The first kappa shape index (κ1) is 15.5. The Morgan fingerprint density at radius 1 is 1.43 bits per heavy atom. The highest BCUT2D eigenvalue weighted by atomic mass is 16.6. The lowest BCUT2D eigenvalue weighted by Gasteiger charge is -2.26. The summed E-state index contributed by atoms with van der Waals surface area (Å²) in [6, 6.07) is 3.03. The van der Waals surface area contributed by atoms with Crippen LogP contribution in [0.4, 0.5) is 5.69 Å². The molecule has 0 amide bonds. The zero-order chi connectivity index (χ0) is 15.2. The Labute approximate surface area is 123 Å². The van der Waals surface area contributed by atoms with Crippen molar-refractivity contribution in [1.29, 1.82) is 0 Å². The largest absolute Gasteiger partial charge is 0.504 e. The number of ether oxygens (including phenoxy) is 2. The van der Waals surface area contributed by atoms with E-state index in [9.17, 15) is 15.2 Å². The smallest absolute Gasteiger partial charge is 0.318 e. The second kappa shape index (κ2) is 7.24. The predicted octanol–water partition coefficient (Wildman–Crippen LogP) is 1.57. The first-order chi connectivity index (χ1) is 10.1. The van der Waals surface area contributed by atoms with Crippen LogP contribution in [0.1, 0.15) is 12.0 Å². The van der Waals surface area contributed by atoms with Crippen LogP contribution < -0.4 is 4.74 Å². The molecule has 0 aliphatic carbocycles. The van der Waals surface area contributed by atoms with E-state index in [0.717, 1.165) is 39.3 Å². The van der Waals surface area contributed by atoms with E-state index in [1.807, 2.05) is 0 Å². The average molecular weight is 296 g/mol. The number of nitro benzene ring substituents is 1. The molecule has 0 spiro atoms. The highest BCUT2D eigenvalue weighted by Gasteiger charge is 2.24. The summed E-state index contributed by atoms with van der Waals surface area (Å²) in [6.07, 6.45) is 1.39. The zero-order valence-electron chi connectivity index (χ0n) is 12.1. The quantitative estimate of drug-likeness (QED) is 0.633. The Balaban J connectivity index is 2.03. The Kier molecular flexibility index (Phi) is 5.35. The fraction of sp³-hybridized carbons (Fsp3) is 0.571. The molecule has 0 atom stereocenters. The Hall–Kier alpha value is -1.86. The third-order valence-electron chi connectivity index (χ3n) is 3.61. The monoisotopic (exact) mass is 296 g/mol. The second-order valence-corrected chi connectivity index (χ2v) is 4.94. The van der Waals surface area contributed by atoms with Crippen molar-refractivity contribution >= 4 is 5.69 Å². The number of aromatic hydroxyl groups is 1. The highest BCUT2D eigenvalue weighted by Crippen LogP contribution is 2.39. The minimum atomic E-state index is -0.497. The number of methoxy groups -OCH3 is 1. The van der Waals surface area contributed by atoms with Gasteiger partial charge in [-0.2, -0.15) is 0 Å². The first-order valence-corrected chi connectivity index (χ1v) is 6.97. The molecule has 1 N–H and O–H groups in total. The summed E-state index contributed by atoms with van der Waals surface area (Å²) in [4.78, 5) is 13.0. The molecule has 0 unspecified atom stereocenters. The lowest BCUT2D eigenvalue weighted by atomic mass is 10.1. The van der Waals surface area contributed by atoms with Gasteiger partial charge in [-0.1, -0.05) is 0 Å². The van der Waals surface area contributed by atoms with Gasteiger partial charge in [0.25, 0.3) is 0 Å². The number of rotatable bonds is 6. The van der Waals surface area contributed by atoms with E-state index >= 15 is 0 Å². The van der Waals surface area contributed by atoms with Gasteiger partial charge in [0.1, 0.15) is 0 Å². The zero-order valence-corrected chi connectivity index (χ0v) is 12.1. The first-order valence-electron chi connectivity index (χ1n) is 6.97. The number of aryl methyl sites for hydroxylation is 1. The summed E-state index contributed by atoms with van der Waals surface area (Å²) in [7, 11) is 1.32. The predicted molar refractivity (Wildman–Crippen MR) is 76.9 cm³/mol. The molecule has 7 heteroatoms. The fourth-order valence-corrected chi connectivity index (χ4v) is 2.52. The van der Waals surface area contributed by atoms with Crippen molar-refractivity contribution < 1.29 is 19.5 Å². The number of phenols is 1. The van der Waals surface area contributed by atoms with E-state index in [4.69, 9.17) is 9.47 Å². The van der Waals surface area contributed by atoms with Crippen LogP contribution in [0.15, 0.2) is 12.1 Å². The van der Waals surface area contributed by atoms with Gasteiger partial charge in [-0.05, 0) is 31.5 Å². The van der Waals surface area contributed by atoms with Crippen LogP contribution in [0.5, 0.6) is 11.5 Å². The highest BCUT2D eigenvalue weighted by molar-refractivity contribution is 5.60. The van der Waals surface area contributed by atoms with Gasteiger partial charge in [0.15, 0.2) is 5.75 Å². The molecule has 1 aliphatic rings. The van der Waals surface area contributed by atoms with Gasteiger partial charge in [0.2, 0.25) is 5.75 Å². The van der Waals surface area contributed by atoms with Crippen molar-refractivity contribution in [1.82, 2.24) is 4.90 Å². The maximum atomic E-state index is 11.2. The van der Waals surface area contributed by atoms with Gasteiger partial charge in [-0.25, -0.2) is 0 Å². The summed E-state index contributed by atoms with van der Waals surface area (Å²) in [5.74, 6) is -0.273. The van der Waals surface area contributed by atoms with Gasteiger partial charge >= 0.3 is 5.69 Å². The molecule has 0 aromatic heterocycles. The lowest BCUT2D eigenvalue weighted by molar-refractivity contribution is -0.386. The van der Waals surface area contributed by atoms with Crippen molar-refractivity contribution in [2.24, 2.45) is 0 Å². The van der Waals surface area contributed by atoms with Crippen molar-refractivity contribution in [2.75, 3.05) is 40.0 Å². The minimum Gasteiger partial charge on any atom is -0.504 e. The number of nitro groups is 1. The van der Waals surface area contributed by atoms with E-state index in [1.54, 1.807) is 6.07 Å². The molecule has 2 rings (SSSR count). The van der Waals surface area contributed by atoms with Crippen LogP contribution in [0.2, 0.25) is 0 Å². The molecule has 21 heavy (non-hydrogen) atoms. The standard InChI is InChI=1S/C14H20N2O5/c1-20-14-12(17)5-4-11(13(14)16(18)19)3-2-6-15-7-9-21-10-8-15/h4-5,17H,2-3,6-10H2,1H3. The van der Waals surface area contributed by atoms with Gasteiger partial charge in [-0.15, -0.1) is 0 Å². The van der Waals surface area contributed by atoms with Crippen LogP contribution in [0.25, 0.3) is 0 Å². The second-order valence-electron chi connectivity index (χ2n) is 4.94. The van der Waals surface area contributed by atoms with Crippen LogP contribution >= 0.6 is 0 Å². The molecule has 7 nitrogen and oxygen atoms in total. The molecule has 1 saturated heterocycles. The maximum absolute atomic E-state index is 11.2. The van der Waals surface area contributed by atoms with Crippen LogP contribution in [-0.2, 0) is 11.2 Å². The minimum absolute atomic E-state index is 0.0659. The molecule has 1 heterocycles. The van der Waals surface area contributed by atoms with E-state index in [2.05, 4.69) is 4.90 Å². The number of benzene rings is 1. The van der Waals surface area contributed by atoms with Crippen molar-refractivity contribution in [3.63, 3.8) is 0 Å². The van der Waals surface area contributed by atoms with E-state index in [0.29, 0.717) is 12.0 Å². The topological polar surface area (TPSA) is 85.1 Å². The molecule has 0 bridgehead atoms. The number of nitrogens with zero attached hydrogens (tertiary/aromatic N) is 2. The number of phenolic OH excluding ortho intramolecular Hbond substituents is 1. The van der Waals surface area contributed by atoms with Crippen LogP contribution in [0, 0.1) is 10.1 Å². The normalized spacial score (nSPS) is 15.9. The Morgan fingerprint density at radius 3 is 2.76 bits per heavy atom. The summed E-state index contributed by atoms with van der Waals surface area (Å²) >= 11 is 0.